The molecule has 1 aliphatic rings. The molecule has 0 aliphatic carbocycles. The summed E-state index contributed by atoms with van der Waals surface area (Å²) in [5, 5.41) is 13.1. The number of nitrogens with zero attached hydrogens (tertiary/aromatic N) is 1. The maximum absolute atomic E-state index is 9.52. The number of hydrogen-bond acceptors (Lipinski definition) is 3. The van der Waals surface area contributed by atoms with Crippen molar-refractivity contribution in [1.82, 2.24) is 10.2 Å². The van der Waals surface area contributed by atoms with Crippen LogP contribution in [0.4, 0.5) is 0 Å². The lowest BCUT2D eigenvalue weighted by molar-refractivity contribution is 0.0696. The Bertz CT molecular complexity index is 380. The molecular weight excluding hydrogens is 248 g/mol. The quantitative estimate of drug-likeness (QED) is 0.833. The average Bonchev–Trinajstić information content (AvgIpc) is 2.48. The second-order valence-corrected chi connectivity index (χ2v) is 6.18. The highest BCUT2D eigenvalue weighted by molar-refractivity contribution is 5.14. The Labute approximate surface area is 123 Å². The lowest BCUT2D eigenvalue weighted by Gasteiger charge is -2.41. The number of nitrogens with one attached hydrogen (secondary N) is 1. The molecule has 0 saturated carbocycles. The van der Waals surface area contributed by atoms with Crippen LogP contribution in [0.15, 0.2) is 30.3 Å². The van der Waals surface area contributed by atoms with Gasteiger partial charge in [-0.3, -0.25) is 4.90 Å². The van der Waals surface area contributed by atoms with Gasteiger partial charge in [-0.05, 0) is 30.9 Å². The number of piperazine rings is 1. The molecule has 0 spiro atoms. The third-order valence-corrected chi connectivity index (χ3v) is 4.33. The smallest absolute Gasteiger partial charge is 0.0599 e. The van der Waals surface area contributed by atoms with Crippen molar-refractivity contribution in [3.05, 3.63) is 35.9 Å². The molecule has 1 aliphatic heterocycles. The Morgan fingerprint density at radius 1 is 1.30 bits per heavy atom. The highest BCUT2D eigenvalue weighted by atomic mass is 16.3. The third kappa shape index (κ3) is 4.30. The van der Waals surface area contributed by atoms with Crippen molar-refractivity contribution in [1.29, 1.82) is 0 Å². The summed E-state index contributed by atoms with van der Waals surface area (Å²) in [4.78, 5) is 2.46. The van der Waals surface area contributed by atoms with Gasteiger partial charge in [0.2, 0.25) is 0 Å². The predicted octanol–water partition coefficient (Wildman–Crippen LogP) is 1.91. The summed E-state index contributed by atoms with van der Waals surface area (Å²) < 4.78 is 0. The van der Waals surface area contributed by atoms with Gasteiger partial charge in [-0.25, -0.2) is 0 Å². The number of aliphatic hydroxyl groups is 1. The Morgan fingerprint density at radius 3 is 2.70 bits per heavy atom. The molecule has 20 heavy (non-hydrogen) atoms. The van der Waals surface area contributed by atoms with Gasteiger partial charge >= 0.3 is 0 Å². The van der Waals surface area contributed by atoms with E-state index < -0.39 is 0 Å². The van der Waals surface area contributed by atoms with Crippen LogP contribution >= 0.6 is 0 Å². The van der Waals surface area contributed by atoms with Crippen LogP contribution in [0.5, 0.6) is 0 Å². The zero-order valence-corrected chi connectivity index (χ0v) is 12.8. The first kappa shape index (κ1) is 15.5. The first-order valence-electron chi connectivity index (χ1n) is 7.83. The van der Waals surface area contributed by atoms with Crippen LogP contribution in [-0.4, -0.2) is 48.3 Å². The second-order valence-electron chi connectivity index (χ2n) is 6.18. The number of rotatable bonds is 6. The van der Waals surface area contributed by atoms with Crippen LogP contribution < -0.4 is 5.32 Å². The van der Waals surface area contributed by atoms with Crippen molar-refractivity contribution in [2.24, 2.45) is 5.92 Å². The molecule has 2 atom stereocenters. The molecule has 1 fully saturated rings. The van der Waals surface area contributed by atoms with Crippen LogP contribution in [-0.2, 0) is 6.42 Å². The number of aryl methyl sites for hydroxylation is 1. The zero-order valence-electron chi connectivity index (χ0n) is 12.8. The van der Waals surface area contributed by atoms with E-state index in [4.69, 9.17) is 0 Å². The van der Waals surface area contributed by atoms with Crippen LogP contribution in [0.1, 0.15) is 25.8 Å². The molecule has 0 amide bonds. The lowest BCUT2D eigenvalue weighted by atomic mass is 9.99. The summed E-state index contributed by atoms with van der Waals surface area (Å²) >= 11 is 0. The Kier molecular flexibility index (Phi) is 6.02. The fraction of sp³-hybridized carbons (Fsp3) is 0.647. The molecule has 0 bridgehead atoms. The fourth-order valence-electron chi connectivity index (χ4n) is 2.91. The molecule has 2 rings (SSSR count). The van der Waals surface area contributed by atoms with E-state index in [1.54, 1.807) is 0 Å². The van der Waals surface area contributed by atoms with E-state index in [9.17, 15) is 5.11 Å². The van der Waals surface area contributed by atoms with Crippen LogP contribution in [0, 0.1) is 5.92 Å². The topological polar surface area (TPSA) is 35.5 Å². The molecule has 1 saturated heterocycles. The summed E-state index contributed by atoms with van der Waals surface area (Å²) in [5.74, 6) is 0.645. The second kappa shape index (κ2) is 7.77. The van der Waals surface area contributed by atoms with Crippen LogP contribution in [0.25, 0.3) is 0 Å². The largest absolute Gasteiger partial charge is 0.395 e. The highest BCUT2D eigenvalue weighted by Gasteiger charge is 2.28. The van der Waals surface area contributed by atoms with Gasteiger partial charge in [0.1, 0.15) is 0 Å². The van der Waals surface area contributed by atoms with E-state index >= 15 is 0 Å². The van der Waals surface area contributed by atoms with Crippen molar-refractivity contribution in [3.63, 3.8) is 0 Å². The van der Waals surface area contributed by atoms with E-state index in [1.165, 1.54) is 5.56 Å². The van der Waals surface area contributed by atoms with Crippen molar-refractivity contribution < 1.29 is 5.11 Å². The summed E-state index contributed by atoms with van der Waals surface area (Å²) in [6.45, 7) is 7.81. The minimum atomic E-state index is 0.253. The number of hydrogen-bond donors (Lipinski definition) is 2. The van der Waals surface area contributed by atoms with Gasteiger partial charge in [0.15, 0.2) is 0 Å². The maximum atomic E-state index is 9.52. The maximum Gasteiger partial charge on any atom is 0.0599 e. The Hall–Kier alpha value is -0.900. The molecule has 2 N–H and O–H groups in total. The summed E-state index contributed by atoms with van der Waals surface area (Å²) in [7, 11) is 0. The molecule has 0 radical (unpaired) electrons. The predicted molar refractivity (Wildman–Crippen MR) is 83.8 cm³/mol. The molecule has 112 valence electrons. The average molecular weight is 276 g/mol. The molecule has 2 unspecified atom stereocenters. The van der Waals surface area contributed by atoms with Crippen molar-refractivity contribution in [2.75, 3.05) is 26.2 Å². The first-order chi connectivity index (χ1) is 9.70. The van der Waals surface area contributed by atoms with Gasteiger partial charge in [0, 0.05) is 25.2 Å². The summed E-state index contributed by atoms with van der Waals surface area (Å²) in [6, 6.07) is 11.5. The van der Waals surface area contributed by atoms with Gasteiger partial charge in [0.05, 0.1) is 6.61 Å². The number of benzene rings is 1. The molecule has 0 aromatic heterocycles. The zero-order chi connectivity index (χ0) is 14.4. The van der Waals surface area contributed by atoms with E-state index in [-0.39, 0.29) is 12.6 Å². The van der Waals surface area contributed by atoms with E-state index in [0.717, 1.165) is 32.5 Å². The van der Waals surface area contributed by atoms with Gasteiger partial charge in [-0.1, -0.05) is 44.2 Å². The van der Waals surface area contributed by atoms with Crippen LogP contribution in [0.2, 0.25) is 0 Å². The minimum absolute atomic E-state index is 0.253. The molecule has 3 nitrogen and oxygen atoms in total. The molecule has 1 aromatic carbocycles. The molecular formula is C17H28N2O. The number of aliphatic hydroxyl groups excluding tert-OH is 1. The summed E-state index contributed by atoms with van der Waals surface area (Å²) in [6.07, 6.45) is 2.28. The van der Waals surface area contributed by atoms with Gasteiger partial charge in [-0.2, -0.15) is 0 Å². The van der Waals surface area contributed by atoms with Crippen molar-refractivity contribution >= 4 is 0 Å². The summed E-state index contributed by atoms with van der Waals surface area (Å²) in [5.41, 5.74) is 1.41. The molecule has 1 heterocycles. The molecule has 1 aromatic rings. The highest BCUT2D eigenvalue weighted by Crippen LogP contribution is 2.14. The Balaban J connectivity index is 1.82. The monoisotopic (exact) mass is 276 g/mol. The fourth-order valence-corrected chi connectivity index (χ4v) is 2.91. The first-order valence-corrected chi connectivity index (χ1v) is 7.83. The molecule has 3 heteroatoms. The standard InChI is InChI=1S/C17H28N2O/c1-14(2)17-12-19(16(13-20)11-18-17)10-6-9-15-7-4-3-5-8-15/h3-5,7-8,14,16-18,20H,6,9-13H2,1-2H3. The lowest BCUT2D eigenvalue weighted by Crippen LogP contribution is -2.59. The van der Waals surface area contributed by atoms with E-state index in [1.807, 2.05) is 0 Å². The normalized spacial score (nSPS) is 24.2. The Morgan fingerprint density at radius 2 is 2.05 bits per heavy atom. The van der Waals surface area contributed by atoms with Crippen LogP contribution in [0.3, 0.4) is 0 Å². The SMILES string of the molecule is CC(C)C1CN(CCCc2ccccc2)C(CO)CN1. The van der Waals surface area contributed by atoms with Crippen molar-refractivity contribution in [3.8, 4) is 0 Å². The minimum Gasteiger partial charge on any atom is -0.395 e. The van der Waals surface area contributed by atoms with Gasteiger partial charge in [-0.15, -0.1) is 0 Å². The van der Waals surface area contributed by atoms with Crippen molar-refractivity contribution in [2.45, 2.75) is 38.8 Å². The van der Waals surface area contributed by atoms with E-state index in [2.05, 4.69) is 54.4 Å². The van der Waals surface area contributed by atoms with Gasteiger partial charge in [0.25, 0.3) is 0 Å². The van der Waals surface area contributed by atoms with E-state index in [0.29, 0.717) is 12.0 Å². The third-order valence-electron chi connectivity index (χ3n) is 4.33. The van der Waals surface area contributed by atoms with Gasteiger partial charge < -0.3 is 10.4 Å².